The van der Waals surface area contributed by atoms with E-state index in [2.05, 4.69) is 0 Å². The number of hydrogen-bond acceptors (Lipinski definition) is 0. The first-order valence-electron chi connectivity index (χ1n) is 3.79. The van der Waals surface area contributed by atoms with E-state index in [4.69, 9.17) is 0 Å². The van der Waals surface area contributed by atoms with E-state index in [0.29, 0.717) is 0 Å². The number of rotatable bonds is 3. The van der Waals surface area contributed by atoms with Gasteiger partial charge in [-0.1, -0.05) is 0 Å². The van der Waals surface area contributed by atoms with Crippen LogP contribution in [-0.4, -0.2) is 12.3 Å². The molecule has 0 aromatic heterocycles. The van der Waals surface area contributed by atoms with Crippen molar-refractivity contribution in [3.8, 4) is 0 Å². The van der Waals surface area contributed by atoms with Crippen LogP contribution in [0.2, 0.25) is 0 Å². The quantitative estimate of drug-likeness (QED) is 0.551. The number of hydrogen-bond donors (Lipinski definition) is 0. The van der Waals surface area contributed by atoms with Gasteiger partial charge in [0.15, 0.2) is 0 Å². The fraction of sp³-hybridized carbons (Fsp3) is 0.250. The number of alkyl halides is 3. The maximum atomic E-state index is 13.1. The Morgan fingerprint density at radius 2 is 1.57 bits per heavy atom. The van der Waals surface area contributed by atoms with Crippen LogP contribution in [0.4, 0.5) is 21.6 Å². The van der Waals surface area contributed by atoms with Crippen LogP contribution in [0.25, 0.3) is 0 Å². The van der Waals surface area contributed by atoms with Gasteiger partial charge in [-0.2, -0.15) is 0 Å². The Kier molecular flexibility index (Phi) is 3.10. The second-order valence-electron chi connectivity index (χ2n) is 2.78. The van der Waals surface area contributed by atoms with Gasteiger partial charge in [-0.05, 0) is 0 Å². The number of halogens is 5. The molecule has 14 heavy (non-hydrogen) atoms. The first kappa shape index (κ1) is 11.4. The Bertz CT molecular complexity index is 298. The summed E-state index contributed by atoms with van der Waals surface area (Å²) in [6.07, 6.45) is 0. The zero-order chi connectivity index (χ0) is 10.8. The summed E-state index contributed by atoms with van der Waals surface area (Å²) in [6.45, 7) is -2.32. The maximum absolute atomic E-state index is 13.1. The summed E-state index contributed by atoms with van der Waals surface area (Å²) in [5, 5.41) is -0.748. The van der Waals surface area contributed by atoms with Crippen LogP contribution in [0.3, 0.4) is 0 Å². The SMILES string of the molecule is FCC(F)(F)[PH](F)(F)c1ccccc1. The van der Waals surface area contributed by atoms with Gasteiger partial charge in [0.05, 0.1) is 0 Å². The third-order valence-corrected chi connectivity index (χ3v) is 3.87. The van der Waals surface area contributed by atoms with Gasteiger partial charge in [0.25, 0.3) is 0 Å². The van der Waals surface area contributed by atoms with E-state index in [-0.39, 0.29) is 0 Å². The summed E-state index contributed by atoms with van der Waals surface area (Å²) in [4.78, 5) is 0. The molecule has 0 N–H and O–H groups in total. The summed E-state index contributed by atoms with van der Waals surface area (Å²) in [5.41, 5.74) is -4.52. The van der Waals surface area contributed by atoms with Gasteiger partial charge in [-0.25, -0.2) is 0 Å². The Labute approximate surface area is 78.3 Å². The molecule has 6 heteroatoms. The van der Waals surface area contributed by atoms with Crippen molar-refractivity contribution >= 4 is 13.2 Å². The molecule has 0 spiro atoms. The van der Waals surface area contributed by atoms with Crippen molar-refractivity contribution < 1.29 is 21.6 Å². The van der Waals surface area contributed by atoms with Gasteiger partial charge in [-0.15, -0.1) is 0 Å². The van der Waals surface area contributed by atoms with Crippen LogP contribution in [0.5, 0.6) is 0 Å². The van der Waals surface area contributed by atoms with Crippen LogP contribution < -0.4 is 5.30 Å². The van der Waals surface area contributed by atoms with Crippen molar-refractivity contribution in [1.82, 2.24) is 0 Å². The van der Waals surface area contributed by atoms with Crippen LogP contribution in [-0.2, 0) is 0 Å². The Hall–Kier alpha value is -0.700. The molecule has 0 saturated carbocycles. The van der Waals surface area contributed by atoms with Gasteiger partial charge >= 0.3 is 77.4 Å². The molecule has 0 aliphatic carbocycles. The molecule has 80 valence electrons. The molecule has 1 rings (SSSR count). The molecule has 0 fully saturated rings. The van der Waals surface area contributed by atoms with Crippen molar-refractivity contribution in [2.75, 3.05) is 6.67 Å². The minimum absolute atomic E-state index is 0.748. The summed E-state index contributed by atoms with van der Waals surface area (Å²) in [5.74, 6) is 0. The van der Waals surface area contributed by atoms with Crippen molar-refractivity contribution in [3.05, 3.63) is 30.3 Å². The fourth-order valence-electron chi connectivity index (χ4n) is 0.943. The van der Waals surface area contributed by atoms with Gasteiger partial charge in [0.1, 0.15) is 0 Å². The van der Waals surface area contributed by atoms with Crippen LogP contribution in [0.1, 0.15) is 0 Å². The first-order valence-corrected chi connectivity index (χ1v) is 5.54. The molecule has 0 bridgehead atoms. The second-order valence-corrected chi connectivity index (χ2v) is 5.24. The average molecular weight is 230 g/mol. The summed E-state index contributed by atoms with van der Waals surface area (Å²) >= 11 is 0. The number of benzene rings is 1. The molecule has 1 aromatic carbocycles. The molecule has 1 aromatic rings. The Balaban J connectivity index is 3.08. The molecule has 0 saturated heterocycles. The molecular weight excluding hydrogens is 222 g/mol. The summed E-state index contributed by atoms with van der Waals surface area (Å²) < 4.78 is 63.0. The zero-order valence-corrected chi connectivity index (χ0v) is 7.98. The van der Waals surface area contributed by atoms with Crippen molar-refractivity contribution in [1.29, 1.82) is 0 Å². The van der Waals surface area contributed by atoms with Crippen LogP contribution in [0.15, 0.2) is 30.3 Å². The predicted octanol–water partition coefficient (Wildman–Crippen LogP) is 3.39. The van der Waals surface area contributed by atoms with Crippen LogP contribution in [0, 0.1) is 0 Å². The van der Waals surface area contributed by atoms with Gasteiger partial charge in [-0.3, -0.25) is 0 Å². The van der Waals surface area contributed by atoms with Crippen molar-refractivity contribution in [3.63, 3.8) is 0 Å². The predicted molar refractivity (Wildman–Crippen MR) is 47.5 cm³/mol. The minimum atomic E-state index is -6.02. The third-order valence-electron chi connectivity index (χ3n) is 1.76. The summed E-state index contributed by atoms with van der Waals surface area (Å²) in [6, 6.07) is 5.68. The van der Waals surface area contributed by atoms with Crippen molar-refractivity contribution in [2.45, 2.75) is 5.66 Å². The third kappa shape index (κ3) is 1.87. The zero-order valence-electron chi connectivity index (χ0n) is 6.98. The second kappa shape index (κ2) is 3.81. The van der Waals surface area contributed by atoms with E-state index in [9.17, 15) is 21.6 Å². The molecule has 0 amide bonds. The molecule has 0 atom stereocenters. The fourth-order valence-corrected chi connectivity index (χ4v) is 2.14. The van der Waals surface area contributed by atoms with E-state index < -0.39 is 25.5 Å². The van der Waals surface area contributed by atoms with E-state index >= 15 is 0 Å². The average Bonchev–Trinajstić information content (AvgIpc) is 2.19. The Morgan fingerprint density at radius 1 is 1.07 bits per heavy atom. The molecule has 0 heterocycles. The van der Waals surface area contributed by atoms with E-state index in [1.807, 2.05) is 0 Å². The van der Waals surface area contributed by atoms with E-state index in [1.165, 1.54) is 18.2 Å². The first-order chi connectivity index (χ1) is 6.42. The van der Waals surface area contributed by atoms with E-state index in [0.717, 1.165) is 12.1 Å². The monoisotopic (exact) mass is 230 g/mol. The molecule has 0 nitrogen and oxygen atoms in total. The molecule has 0 aliphatic rings. The van der Waals surface area contributed by atoms with Gasteiger partial charge < -0.3 is 0 Å². The molecule has 0 unspecified atom stereocenters. The molecule has 0 aliphatic heterocycles. The normalized spacial score (nSPS) is 14.1. The Morgan fingerprint density at radius 3 is 2.00 bits per heavy atom. The van der Waals surface area contributed by atoms with Crippen molar-refractivity contribution in [2.24, 2.45) is 0 Å². The summed E-state index contributed by atoms with van der Waals surface area (Å²) in [7, 11) is -6.02. The molecular formula is C8H8F5P. The topological polar surface area (TPSA) is 0 Å². The molecule has 0 radical (unpaired) electrons. The van der Waals surface area contributed by atoms with Gasteiger partial charge in [0, 0.05) is 0 Å². The van der Waals surface area contributed by atoms with Gasteiger partial charge in [0.2, 0.25) is 0 Å². The standard InChI is InChI=1S/C8H8F5P/c9-6-8(10,11)14(12,13)7-4-2-1-3-5-7/h1-5,14H,6H2. The van der Waals surface area contributed by atoms with E-state index in [1.54, 1.807) is 0 Å². The van der Waals surface area contributed by atoms with Crippen LogP contribution >= 0.6 is 7.88 Å².